The second kappa shape index (κ2) is 5.83. The maximum absolute atomic E-state index is 12.1. The largest absolute Gasteiger partial charge is 0.396 e. The topological polar surface area (TPSA) is 43.8 Å². The summed E-state index contributed by atoms with van der Waals surface area (Å²) in [6, 6.07) is 0.519. The summed E-state index contributed by atoms with van der Waals surface area (Å²) in [6.07, 6.45) is 4.56. The summed E-state index contributed by atoms with van der Waals surface area (Å²) < 4.78 is 0. The molecule has 1 N–H and O–H groups in total. The number of aliphatic hydroxyl groups excluding tert-OH is 1. The number of piperidine rings is 1. The zero-order valence-electron chi connectivity index (χ0n) is 10.8. The van der Waals surface area contributed by atoms with Gasteiger partial charge in [0.25, 0.3) is 0 Å². The van der Waals surface area contributed by atoms with Crippen molar-refractivity contribution in [1.29, 1.82) is 0 Å². The average molecular weight is 240 g/mol. The lowest BCUT2D eigenvalue weighted by Gasteiger charge is -2.33. The first-order chi connectivity index (χ1) is 8.24. The zero-order chi connectivity index (χ0) is 12.3. The third-order valence-corrected chi connectivity index (χ3v) is 3.87. The molecule has 0 aromatic rings. The second-order valence-electron chi connectivity index (χ2n) is 5.34. The number of hydrogen-bond donors (Lipinski definition) is 1. The predicted octanol–water partition coefficient (Wildman–Crippen LogP) is 0.702. The van der Waals surface area contributed by atoms with Crippen molar-refractivity contribution in [2.24, 2.45) is 5.92 Å². The maximum atomic E-state index is 12.1. The van der Waals surface area contributed by atoms with Crippen LogP contribution in [0.2, 0.25) is 0 Å². The molecule has 1 saturated heterocycles. The van der Waals surface area contributed by atoms with E-state index in [4.69, 9.17) is 0 Å². The smallest absolute Gasteiger partial charge is 0.236 e. The monoisotopic (exact) mass is 240 g/mol. The first kappa shape index (κ1) is 12.8. The van der Waals surface area contributed by atoms with E-state index in [1.807, 2.05) is 4.90 Å². The van der Waals surface area contributed by atoms with E-state index >= 15 is 0 Å². The van der Waals surface area contributed by atoms with Crippen molar-refractivity contribution in [3.63, 3.8) is 0 Å². The van der Waals surface area contributed by atoms with Crippen LogP contribution in [0.5, 0.6) is 0 Å². The van der Waals surface area contributed by atoms with E-state index in [0.717, 1.165) is 32.5 Å². The van der Waals surface area contributed by atoms with Crippen molar-refractivity contribution >= 4 is 5.91 Å². The number of aliphatic hydroxyl groups is 1. The van der Waals surface area contributed by atoms with Crippen LogP contribution >= 0.6 is 0 Å². The molecule has 4 nitrogen and oxygen atoms in total. The predicted molar refractivity (Wildman–Crippen MR) is 66.7 cm³/mol. The number of rotatable bonds is 5. The van der Waals surface area contributed by atoms with Crippen LogP contribution in [0, 0.1) is 5.92 Å². The number of nitrogens with zero attached hydrogens (tertiary/aromatic N) is 2. The Kier molecular flexibility index (Phi) is 4.40. The van der Waals surface area contributed by atoms with Gasteiger partial charge in [0.05, 0.1) is 6.54 Å². The van der Waals surface area contributed by atoms with Crippen LogP contribution in [-0.4, -0.2) is 59.6 Å². The molecule has 0 aromatic carbocycles. The Morgan fingerprint density at radius 3 is 2.76 bits per heavy atom. The molecule has 1 unspecified atom stereocenters. The Morgan fingerprint density at radius 1 is 1.41 bits per heavy atom. The third-order valence-electron chi connectivity index (χ3n) is 3.87. The number of likely N-dealkylation sites (N-methyl/N-ethyl adjacent to an activating group) is 1. The molecule has 1 atom stereocenters. The van der Waals surface area contributed by atoms with Crippen LogP contribution in [0.1, 0.15) is 32.6 Å². The fourth-order valence-electron chi connectivity index (χ4n) is 2.75. The van der Waals surface area contributed by atoms with Gasteiger partial charge in [0.2, 0.25) is 5.91 Å². The van der Waals surface area contributed by atoms with Gasteiger partial charge in [-0.3, -0.25) is 9.69 Å². The summed E-state index contributed by atoms with van der Waals surface area (Å²) in [5, 5.41) is 9.17. The molecule has 0 spiro atoms. The molecule has 1 aliphatic carbocycles. The minimum atomic E-state index is 0.255. The van der Waals surface area contributed by atoms with E-state index in [1.165, 1.54) is 12.8 Å². The minimum Gasteiger partial charge on any atom is -0.396 e. The average Bonchev–Trinajstić information content (AvgIpc) is 3.15. The number of likely N-dealkylation sites (tertiary alicyclic amines) is 1. The highest BCUT2D eigenvalue weighted by molar-refractivity contribution is 5.78. The highest BCUT2D eigenvalue weighted by atomic mass is 16.3. The summed E-state index contributed by atoms with van der Waals surface area (Å²) >= 11 is 0. The lowest BCUT2D eigenvalue weighted by Crippen LogP contribution is -2.45. The Balaban J connectivity index is 1.80. The Morgan fingerprint density at radius 2 is 2.18 bits per heavy atom. The molecular weight excluding hydrogens is 216 g/mol. The van der Waals surface area contributed by atoms with Crippen LogP contribution in [0.25, 0.3) is 0 Å². The molecule has 98 valence electrons. The fourth-order valence-corrected chi connectivity index (χ4v) is 2.75. The van der Waals surface area contributed by atoms with Crippen molar-refractivity contribution in [2.45, 2.75) is 38.6 Å². The molecule has 0 aromatic heterocycles. The van der Waals surface area contributed by atoms with Gasteiger partial charge in [0.15, 0.2) is 0 Å². The maximum Gasteiger partial charge on any atom is 0.236 e. The molecule has 0 radical (unpaired) electrons. The molecule has 1 amide bonds. The molecule has 1 aliphatic heterocycles. The number of carbonyl (C=O) groups excluding carboxylic acids is 1. The summed E-state index contributed by atoms with van der Waals surface area (Å²) in [5.41, 5.74) is 0. The van der Waals surface area contributed by atoms with Crippen LogP contribution in [-0.2, 0) is 4.79 Å². The van der Waals surface area contributed by atoms with E-state index in [-0.39, 0.29) is 12.5 Å². The van der Waals surface area contributed by atoms with Crippen LogP contribution in [0.3, 0.4) is 0 Å². The SMILES string of the molecule is CCN(C(=O)CN1CCCC(CO)C1)C1CC1. The first-order valence-corrected chi connectivity index (χ1v) is 6.87. The molecule has 4 heteroatoms. The van der Waals surface area contributed by atoms with Crippen molar-refractivity contribution < 1.29 is 9.90 Å². The van der Waals surface area contributed by atoms with E-state index < -0.39 is 0 Å². The molecule has 0 bridgehead atoms. The van der Waals surface area contributed by atoms with Gasteiger partial charge in [0.1, 0.15) is 0 Å². The molecule has 2 rings (SSSR count). The van der Waals surface area contributed by atoms with Crippen LogP contribution in [0.15, 0.2) is 0 Å². The van der Waals surface area contributed by atoms with Crippen molar-refractivity contribution in [2.75, 3.05) is 32.8 Å². The van der Waals surface area contributed by atoms with Gasteiger partial charge in [-0.25, -0.2) is 0 Å². The molecule has 1 heterocycles. The van der Waals surface area contributed by atoms with Gasteiger partial charge >= 0.3 is 0 Å². The lowest BCUT2D eigenvalue weighted by molar-refractivity contribution is -0.133. The van der Waals surface area contributed by atoms with E-state index in [2.05, 4.69) is 11.8 Å². The summed E-state index contributed by atoms with van der Waals surface area (Å²) in [5.74, 6) is 0.640. The van der Waals surface area contributed by atoms with Gasteiger partial charge in [0, 0.05) is 25.7 Å². The highest BCUT2D eigenvalue weighted by Crippen LogP contribution is 2.27. The molecule has 1 saturated carbocycles. The Hall–Kier alpha value is -0.610. The van der Waals surface area contributed by atoms with E-state index in [0.29, 0.717) is 18.5 Å². The van der Waals surface area contributed by atoms with Gasteiger partial charge in [-0.15, -0.1) is 0 Å². The van der Waals surface area contributed by atoms with Gasteiger partial charge in [-0.2, -0.15) is 0 Å². The number of amides is 1. The Labute approximate surface area is 104 Å². The summed E-state index contributed by atoms with van der Waals surface area (Å²) in [7, 11) is 0. The van der Waals surface area contributed by atoms with Crippen LogP contribution < -0.4 is 0 Å². The molecule has 17 heavy (non-hydrogen) atoms. The van der Waals surface area contributed by atoms with Gasteiger partial charge in [-0.05, 0) is 45.1 Å². The first-order valence-electron chi connectivity index (χ1n) is 6.87. The standard InChI is InChI=1S/C13H24N2O2/c1-2-15(12-5-6-12)13(17)9-14-7-3-4-11(8-14)10-16/h11-12,16H,2-10H2,1H3. The summed E-state index contributed by atoms with van der Waals surface area (Å²) in [6.45, 7) is 5.57. The van der Waals surface area contributed by atoms with Crippen molar-refractivity contribution in [3.8, 4) is 0 Å². The van der Waals surface area contributed by atoms with Crippen molar-refractivity contribution in [3.05, 3.63) is 0 Å². The van der Waals surface area contributed by atoms with Crippen LogP contribution in [0.4, 0.5) is 0 Å². The zero-order valence-corrected chi connectivity index (χ0v) is 10.8. The third kappa shape index (κ3) is 3.42. The van der Waals surface area contributed by atoms with Crippen molar-refractivity contribution in [1.82, 2.24) is 9.80 Å². The number of hydrogen-bond acceptors (Lipinski definition) is 3. The lowest BCUT2D eigenvalue weighted by atomic mass is 9.99. The minimum absolute atomic E-state index is 0.255. The molecular formula is C13H24N2O2. The molecule has 2 fully saturated rings. The second-order valence-corrected chi connectivity index (χ2v) is 5.34. The van der Waals surface area contributed by atoms with E-state index in [9.17, 15) is 9.90 Å². The fraction of sp³-hybridized carbons (Fsp3) is 0.923. The van der Waals surface area contributed by atoms with E-state index in [1.54, 1.807) is 0 Å². The summed E-state index contributed by atoms with van der Waals surface area (Å²) in [4.78, 5) is 16.4. The highest BCUT2D eigenvalue weighted by Gasteiger charge is 2.32. The Bertz CT molecular complexity index is 266. The normalized spacial score (nSPS) is 25.9. The quantitative estimate of drug-likeness (QED) is 0.769. The molecule has 2 aliphatic rings. The van der Waals surface area contributed by atoms with Gasteiger partial charge < -0.3 is 10.0 Å². The van der Waals surface area contributed by atoms with Gasteiger partial charge in [-0.1, -0.05) is 0 Å². The number of carbonyl (C=O) groups is 1.